The van der Waals surface area contributed by atoms with Gasteiger partial charge in [0.1, 0.15) is 5.75 Å². The summed E-state index contributed by atoms with van der Waals surface area (Å²) in [5, 5.41) is 0.812. The lowest BCUT2D eigenvalue weighted by molar-refractivity contribution is 0.307. The molecular formula is C12H18ClNO. The first-order valence-corrected chi connectivity index (χ1v) is 5.77. The molecule has 0 heterocycles. The molecule has 0 aliphatic rings. The number of aryl methyl sites for hydroxylation is 1. The molecule has 0 saturated carbocycles. The minimum Gasteiger partial charge on any atom is -0.494 e. The molecule has 0 saturated heterocycles. The molecule has 2 N–H and O–H groups in total. The standard InChI is InChI=1S/C12H18ClNO/c1-2-10-9-11(5-6-12(10)13)15-8-4-3-7-14/h5-6,9H,2-4,7-8,14H2,1H3. The predicted octanol–water partition coefficient (Wildman–Crippen LogP) is 3.02. The number of halogens is 1. The van der Waals surface area contributed by atoms with Gasteiger partial charge in [-0.25, -0.2) is 0 Å². The molecule has 2 nitrogen and oxygen atoms in total. The molecule has 0 aliphatic carbocycles. The summed E-state index contributed by atoms with van der Waals surface area (Å²) >= 11 is 6.01. The average Bonchev–Trinajstić information content (AvgIpc) is 2.26. The van der Waals surface area contributed by atoms with Crippen molar-refractivity contribution in [1.82, 2.24) is 0 Å². The van der Waals surface area contributed by atoms with Crippen LogP contribution < -0.4 is 10.5 Å². The second kappa shape index (κ2) is 6.70. The van der Waals surface area contributed by atoms with Crippen molar-refractivity contribution in [2.75, 3.05) is 13.2 Å². The highest BCUT2D eigenvalue weighted by Crippen LogP contribution is 2.22. The molecule has 0 amide bonds. The summed E-state index contributed by atoms with van der Waals surface area (Å²) in [6, 6.07) is 5.80. The van der Waals surface area contributed by atoms with Crippen LogP contribution in [0.15, 0.2) is 18.2 Å². The van der Waals surface area contributed by atoms with Crippen molar-refractivity contribution >= 4 is 11.6 Å². The molecule has 0 unspecified atom stereocenters. The Hall–Kier alpha value is -0.730. The fourth-order valence-corrected chi connectivity index (χ4v) is 1.60. The van der Waals surface area contributed by atoms with Gasteiger partial charge in [0.2, 0.25) is 0 Å². The van der Waals surface area contributed by atoms with E-state index >= 15 is 0 Å². The SMILES string of the molecule is CCc1cc(OCCCCN)ccc1Cl. The fourth-order valence-electron chi connectivity index (χ4n) is 1.35. The number of nitrogens with two attached hydrogens (primary N) is 1. The fraction of sp³-hybridized carbons (Fsp3) is 0.500. The van der Waals surface area contributed by atoms with Crippen molar-refractivity contribution < 1.29 is 4.74 Å². The summed E-state index contributed by atoms with van der Waals surface area (Å²) in [6.45, 7) is 3.53. The van der Waals surface area contributed by atoms with E-state index in [4.69, 9.17) is 22.1 Å². The second-order valence-electron chi connectivity index (χ2n) is 3.45. The number of ether oxygens (including phenoxy) is 1. The Kier molecular flexibility index (Phi) is 5.51. The molecule has 3 heteroatoms. The van der Waals surface area contributed by atoms with E-state index in [1.54, 1.807) is 0 Å². The largest absolute Gasteiger partial charge is 0.494 e. The van der Waals surface area contributed by atoms with E-state index in [0.717, 1.165) is 48.7 Å². The third kappa shape index (κ3) is 4.10. The highest BCUT2D eigenvalue weighted by molar-refractivity contribution is 6.31. The van der Waals surface area contributed by atoms with Gasteiger partial charge >= 0.3 is 0 Å². The zero-order valence-corrected chi connectivity index (χ0v) is 9.89. The van der Waals surface area contributed by atoms with E-state index in [0.29, 0.717) is 0 Å². The summed E-state index contributed by atoms with van der Waals surface area (Å²) in [6.07, 6.45) is 2.94. The molecule has 0 spiro atoms. The Labute approximate surface area is 96.4 Å². The molecule has 0 aromatic heterocycles. The number of unbranched alkanes of at least 4 members (excludes halogenated alkanes) is 1. The number of rotatable bonds is 6. The van der Waals surface area contributed by atoms with E-state index in [1.165, 1.54) is 0 Å². The monoisotopic (exact) mass is 227 g/mol. The van der Waals surface area contributed by atoms with E-state index in [1.807, 2.05) is 18.2 Å². The van der Waals surface area contributed by atoms with Gasteiger partial charge in [0.05, 0.1) is 6.61 Å². The predicted molar refractivity (Wildman–Crippen MR) is 64.6 cm³/mol. The van der Waals surface area contributed by atoms with Crippen LogP contribution in [-0.2, 0) is 6.42 Å². The maximum absolute atomic E-state index is 6.01. The quantitative estimate of drug-likeness (QED) is 0.759. The second-order valence-corrected chi connectivity index (χ2v) is 3.86. The smallest absolute Gasteiger partial charge is 0.119 e. The Morgan fingerprint density at radius 3 is 2.80 bits per heavy atom. The van der Waals surface area contributed by atoms with Crippen LogP contribution >= 0.6 is 11.6 Å². The van der Waals surface area contributed by atoms with Gasteiger partial charge in [-0.1, -0.05) is 18.5 Å². The Balaban J connectivity index is 2.47. The molecular weight excluding hydrogens is 210 g/mol. The van der Waals surface area contributed by atoms with Gasteiger partial charge in [0.25, 0.3) is 0 Å². The molecule has 15 heavy (non-hydrogen) atoms. The average molecular weight is 228 g/mol. The van der Waals surface area contributed by atoms with Gasteiger partial charge in [0, 0.05) is 5.02 Å². The number of benzene rings is 1. The molecule has 0 atom stereocenters. The van der Waals surface area contributed by atoms with Gasteiger partial charge in [-0.05, 0) is 49.6 Å². The normalized spacial score (nSPS) is 10.3. The zero-order chi connectivity index (χ0) is 11.1. The van der Waals surface area contributed by atoms with E-state index in [2.05, 4.69) is 6.92 Å². The molecule has 0 aliphatic heterocycles. The minimum absolute atomic E-state index is 0.724. The van der Waals surface area contributed by atoms with Gasteiger partial charge < -0.3 is 10.5 Å². The van der Waals surface area contributed by atoms with Crippen molar-refractivity contribution in [2.45, 2.75) is 26.2 Å². The van der Waals surface area contributed by atoms with Crippen molar-refractivity contribution in [3.05, 3.63) is 28.8 Å². The van der Waals surface area contributed by atoms with Crippen LogP contribution in [0.1, 0.15) is 25.3 Å². The lowest BCUT2D eigenvalue weighted by Gasteiger charge is -2.08. The molecule has 1 aromatic rings. The number of hydrogen-bond donors (Lipinski definition) is 1. The van der Waals surface area contributed by atoms with Crippen LogP contribution in [-0.4, -0.2) is 13.2 Å². The van der Waals surface area contributed by atoms with Gasteiger partial charge in [0.15, 0.2) is 0 Å². The first-order valence-electron chi connectivity index (χ1n) is 5.39. The Morgan fingerprint density at radius 1 is 1.33 bits per heavy atom. The minimum atomic E-state index is 0.724. The third-order valence-electron chi connectivity index (χ3n) is 2.27. The van der Waals surface area contributed by atoms with Gasteiger partial charge in [-0.3, -0.25) is 0 Å². The van der Waals surface area contributed by atoms with Crippen LogP contribution in [0.25, 0.3) is 0 Å². The maximum atomic E-state index is 6.01. The molecule has 0 radical (unpaired) electrons. The highest BCUT2D eigenvalue weighted by Gasteiger charge is 2.00. The molecule has 84 valence electrons. The molecule has 1 aromatic carbocycles. The van der Waals surface area contributed by atoms with Crippen LogP contribution in [0.2, 0.25) is 5.02 Å². The first kappa shape index (κ1) is 12.3. The molecule has 0 bridgehead atoms. The summed E-state index contributed by atoms with van der Waals surface area (Å²) in [5.74, 6) is 0.897. The third-order valence-corrected chi connectivity index (χ3v) is 2.63. The zero-order valence-electron chi connectivity index (χ0n) is 9.13. The van der Waals surface area contributed by atoms with E-state index in [9.17, 15) is 0 Å². The topological polar surface area (TPSA) is 35.2 Å². The lowest BCUT2D eigenvalue weighted by Crippen LogP contribution is -2.03. The number of hydrogen-bond acceptors (Lipinski definition) is 2. The van der Waals surface area contributed by atoms with E-state index in [-0.39, 0.29) is 0 Å². The van der Waals surface area contributed by atoms with Crippen LogP contribution in [0.5, 0.6) is 5.75 Å². The van der Waals surface area contributed by atoms with Gasteiger partial charge in [-0.15, -0.1) is 0 Å². The van der Waals surface area contributed by atoms with Crippen molar-refractivity contribution in [1.29, 1.82) is 0 Å². The maximum Gasteiger partial charge on any atom is 0.119 e. The van der Waals surface area contributed by atoms with Crippen molar-refractivity contribution in [3.63, 3.8) is 0 Å². The van der Waals surface area contributed by atoms with E-state index < -0.39 is 0 Å². The summed E-state index contributed by atoms with van der Waals surface area (Å²) in [7, 11) is 0. The van der Waals surface area contributed by atoms with Crippen LogP contribution in [0.3, 0.4) is 0 Å². The van der Waals surface area contributed by atoms with Crippen LogP contribution in [0.4, 0.5) is 0 Å². The Bertz CT molecular complexity index is 302. The lowest BCUT2D eigenvalue weighted by atomic mass is 10.1. The molecule has 1 rings (SSSR count). The van der Waals surface area contributed by atoms with Crippen molar-refractivity contribution in [3.8, 4) is 5.75 Å². The summed E-state index contributed by atoms with van der Waals surface area (Å²) in [4.78, 5) is 0. The first-order chi connectivity index (χ1) is 7.27. The Morgan fingerprint density at radius 2 is 2.13 bits per heavy atom. The van der Waals surface area contributed by atoms with Crippen LogP contribution in [0, 0.1) is 0 Å². The highest BCUT2D eigenvalue weighted by atomic mass is 35.5. The van der Waals surface area contributed by atoms with Crippen molar-refractivity contribution in [2.24, 2.45) is 5.73 Å². The summed E-state index contributed by atoms with van der Waals surface area (Å²) in [5.41, 5.74) is 6.53. The molecule has 0 fully saturated rings. The van der Waals surface area contributed by atoms with Gasteiger partial charge in [-0.2, -0.15) is 0 Å². The summed E-state index contributed by atoms with van der Waals surface area (Å²) < 4.78 is 5.59.